The second kappa shape index (κ2) is 1.83. The van der Waals surface area contributed by atoms with Crippen LogP contribution in [0.1, 0.15) is 12.8 Å². The summed E-state index contributed by atoms with van der Waals surface area (Å²) in [5, 5.41) is 0.806. The van der Waals surface area contributed by atoms with Crippen LogP contribution < -0.4 is 0 Å². The van der Waals surface area contributed by atoms with E-state index in [0.717, 1.165) is 5.17 Å². The maximum atomic E-state index is 5.61. The molecule has 40 valence electrons. The lowest BCUT2D eigenvalue weighted by molar-refractivity contribution is 1.20. The summed E-state index contributed by atoms with van der Waals surface area (Å²) in [5.74, 6) is 0.631. The fourth-order valence-corrected chi connectivity index (χ4v) is 0.722. The Morgan fingerprint density at radius 2 is 2.29 bits per heavy atom. The maximum Gasteiger partial charge on any atom is 0.103 e. The van der Waals surface area contributed by atoms with Crippen molar-refractivity contribution in [2.24, 2.45) is 10.9 Å². The van der Waals surface area contributed by atoms with Crippen LogP contribution in [0.4, 0.5) is 0 Å². The van der Waals surface area contributed by atoms with E-state index in [2.05, 4.69) is 4.99 Å². The molecule has 0 radical (unpaired) electrons. The zero-order chi connectivity index (χ0) is 5.28. The lowest BCUT2D eigenvalue weighted by Gasteiger charge is -1.84. The van der Waals surface area contributed by atoms with Gasteiger partial charge >= 0.3 is 0 Å². The van der Waals surface area contributed by atoms with Crippen LogP contribution >= 0.6 is 11.6 Å². The standard InChI is InChI=1S/C5H8ClN/c1-7-5(6)4-2-3-4/h4H,2-3H2,1H3. The molecule has 0 aromatic carbocycles. The molecular weight excluding hydrogens is 110 g/mol. The normalized spacial score (nSPS) is 22.9. The van der Waals surface area contributed by atoms with Gasteiger partial charge in [-0.15, -0.1) is 0 Å². The first-order valence-corrected chi connectivity index (χ1v) is 2.84. The molecule has 0 amide bonds. The van der Waals surface area contributed by atoms with Gasteiger partial charge in [-0.3, -0.25) is 4.99 Å². The molecule has 1 fully saturated rings. The lowest BCUT2D eigenvalue weighted by atomic mass is 10.5. The van der Waals surface area contributed by atoms with E-state index in [-0.39, 0.29) is 0 Å². The van der Waals surface area contributed by atoms with Crippen molar-refractivity contribution < 1.29 is 0 Å². The van der Waals surface area contributed by atoms with Gasteiger partial charge in [0.1, 0.15) is 5.17 Å². The fraction of sp³-hybridized carbons (Fsp3) is 0.800. The molecule has 0 aromatic rings. The van der Waals surface area contributed by atoms with Crippen LogP contribution in [0.2, 0.25) is 0 Å². The highest BCUT2D eigenvalue weighted by molar-refractivity contribution is 6.66. The number of nitrogens with zero attached hydrogens (tertiary/aromatic N) is 1. The minimum atomic E-state index is 0.631. The van der Waals surface area contributed by atoms with Crippen molar-refractivity contribution in [1.29, 1.82) is 0 Å². The van der Waals surface area contributed by atoms with Gasteiger partial charge in [-0.1, -0.05) is 11.6 Å². The quantitative estimate of drug-likeness (QED) is 0.464. The molecule has 0 aliphatic heterocycles. The van der Waals surface area contributed by atoms with Crippen molar-refractivity contribution in [3.8, 4) is 0 Å². The van der Waals surface area contributed by atoms with Gasteiger partial charge in [0.15, 0.2) is 0 Å². The molecule has 0 aromatic heterocycles. The Morgan fingerprint density at radius 3 is 2.43 bits per heavy atom. The predicted octanol–water partition coefficient (Wildman–Crippen LogP) is 1.66. The first-order chi connectivity index (χ1) is 3.34. The highest BCUT2D eigenvalue weighted by atomic mass is 35.5. The van der Waals surface area contributed by atoms with Crippen molar-refractivity contribution >= 4 is 16.8 Å². The summed E-state index contributed by atoms with van der Waals surface area (Å²) in [6, 6.07) is 0. The molecular formula is C5H8ClN. The van der Waals surface area contributed by atoms with Crippen LogP contribution in [-0.4, -0.2) is 12.2 Å². The highest BCUT2D eigenvalue weighted by Gasteiger charge is 2.25. The first-order valence-electron chi connectivity index (χ1n) is 2.46. The van der Waals surface area contributed by atoms with Gasteiger partial charge in [0.25, 0.3) is 0 Å². The van der Waals surface area contributed by atoms with E-state index in [9.17, 15) is 0 Å². The van der Waals surface area contributed by atoms with Crippen molar-refractivity contribution in [1.82, 2.24) is 0 Å². The van der Waals surface area contributed by atoms with Crippen LogP contribution in [0, 0.1) is 5.92 Å². The second-order valence-electron chi connectivity index (χ2n) is 1.82. The molecule has 7 heavy (non-hydrogen) atoms. The maximum absolute atomic E-state index is 5.61. The number of hydrogen-bond donors (Lipinski definition) is 0. The third-order valence-electron chi connectivity index (χ3n) is 1.13. The van der Waals surface area contributed by atoms with Crippen molar-refractivity contribution in [2.45, 2.75) is 12.8 Å². The van der Waals surface area contributed by atoms with Crippen LogP contribution in [0.15, 0.2) is 4.99 Å². The molecule has 0 spiro atoms. The average molecular weight is 118 g/mol. The number of rotatable bonds is 1. The third kappa shape index (κ3) is 1.16. The zero-order valence-corrected chi connectivity index (χ0v) is 5.07. The molecule has 1 rings (SSSR count). The van der Waals surface area contributed by atoms with E-state index in [1.54, 1.807) is 7.05 Å². The van der Waals surface area contributed by atoms with E-state index in [1.807, 2.05) is 0 Å². The van der Waals surface area contributed by atoms with E-state index < -0.39 is 0 Å². The molecule has 1 saturated carbocycles. The minimum Gasteiger partial charge on any atom is -0.281 e. The molecule has 2 heteroatoms. The Balaban J connectivity index is 2.37. The number of halogens is 1. The Kier molecular flexibility index (Phi) is 1.33. The number of aliphatic imine (C=N–C) groups is 1. The first kappa shape index (κ1) is 5.10. The zero-order valence-electron chi connectivity index (χ0n) is 4.32. The van der Waals surface area contributed by atoms with Crippen LogP contribution in [-0.2, 0) is 0 Å². The Hall–Kier alpha value is -0.0400. The Labute approximate surface area is 48.4 Å². The van der Waals surface area contributed by atoms with Crippen molar-refractivity contribution in [3.63, 3.8) is 0 Å². The van der Waals surface area contributed by atoms with Crippen molar-refractivity contribution in [3.05, 3.63) is 0 Å². The van der Waals surface area contributed by atoms with E-state index in [0.29, 0.717) is 5.92 Å². The molecule has 1 aliphatic rings. The smallest absolute Gasteiger partial charge is 0.103 e. The van der Waals surface area contributed by atoms with Gasteiger partial charge in [0.05, 0.1) is 0 Å². The number of hydrogen-bond acceptors (Lipinski definition) is 1. The van der Waals surface area contributed by atoms with E-state index in [4.69, 9.17) is 11.6 Å². The largest absolute Gasteiger partial charge is 0.281 e. The summed E-state index contributed by atoms with van der Waals surface area (Å²) in [6.07, 6.45) is 2.49. The lowest BCUT2D eigenvalue weighted by Crippen LogP contribution is -1.86. The monoisotopic (exact) mass is 117 g/mol. The second-order valence-corrected chi connectivity index (χ2v) is 2.21. The molecule has 0 saturated heterocycles. The molecule has 0 atom stereocenters. The molecule has 0 unspecified atom stereocenters. The Bertz CT molecular complexity index is 94.3. The van der Waals surface area contributed by atoms with Crippen LogP contribution in [0.3, 0.4) is 0 Å². The van der Waals surface area contributed by atoms with Crippen molar-refractivity contribution in [2.75, 3.05) is 7.05 Å². The molecule has 1 nitrogen and oxygen atoms in total. The van der Waals surface area contributed by atoms with Gasteiger partial charge in [0, 0.05) is 13.0 Å². The fourth-order valence-electron chi connectivity index (χ4n) is 0.504. The van der Waals surface area contributed by atoms with E-state index in [1.165, 1.54) is 12.8 Å². The third-order valence-corrected chi connectivity index (χ3v) is 1.61. The van der Waals surface area contributed by atoms with Gasteiger partial charge in [-0.05, 0) is 12.8 Å². The summed E-state index contributed by atoms with van der Waals surface area (Å²) < 4.78 is 0. The van der Waals surface area contributed by atoms with Gasteiger partial charge in [-0.25, -0.2) is 0 Å². The summed E-state index contributed by atoms with van der Waals surface area (Å²) in [5.41, 5.74) is 0. The summed E-state index contributed by atoms with van der Waals surface area (Å²) >= 11 is 5.61. The van der Waals surface area contributed by atoms with Gasteiger partial charge < -0.3 is 0 Å². The summed E-state index contributed by atoms with van der Waals surface area (Å²) in [6.45, 7) is 0. The minimum absolute atomic E-state index is 0.631. The summed E-state index contributed by atoms with van der Waals surface area (Å²) in [7, 11) is 1.74. The topological polar surface area (TPSA) is 12.4 Å². The van der Waals surface area contributed by atoms with Gasteiger partial charge in [0.2, 0.25) is 0 Å². The highest BCUT2D eigenvalue weighted by Crippen LogP contribution is 2.31. The molecule has 0 N–H and O–H groups in total. The van der Waals surface area contributed by atoms with Crippen LogP contribution in [0.5, 0.6) is 0 Å². The predicted molar refractivity (Wildman–Crippen MR) is 31.9 cm³/mol. The SMILES string of the molecule is CN=C(Cl)C1CC1. The average Bonchev–Trinajstić information content (AvgIpc) is 2.44. The molecule has 1 aliphatic carbocycles. The summed E-state index contributed by atoms with van der Waals surface area (Å²) in [4.78, 5) is 3.83. The van der Waals surface area contributed by atoms with Crippen LogP contribution in [0.25, 0.3) is 0 Å². The van der Waals surface area contributed by atoms with Gasteiger partial charge in [-0.2, -0.15) is 0 Å². The molecule has 0 bridgehead atoms. The van der Waals surface area contributed by atoms with E-state index >= 15 is 0 Å². The molecule has 0 heterocycles. The Morgan fingerprint density at radius 1 is 1.71 bits per heavy atom.